The molecule has 1 aromatic heterocycles. The van der Waals surface area contributed by atoms with Crippen LogP contribution in [-0.4, -0.2) is 41.9 Å². The summed E-state index contributed by atoms with van der Waals surface area (Å²) in [5, 5.41) is 14.0. The predicted molar refractivity (Wildman–Crippen MR) is 89.9 cm³/mol. The maximum atomic E-state index is 12.0. The van der Waals surface area contributed by atoms with E-state index >= 15 is 0 Å². The number of hydrogen-bond donors (Lipinski definition) is 3. The average Bonchev–Trinajstić information content (AvgIpc) is 2.95. The quantitative estimate of drug-likeness (QED) is 0.788. The summed E-state index contributed by atoms with van der Waals surface area (Å²) < 4.78 is 5.33. The van der Waals surface area contributed by atoms with Gasteiger partial charge in [0.25, 0.3) is 0 Å². The molecule has 6 nitrogen and oxygen atoms in total. The van der Waals surface area contributed by atoms with Crippen LogP contribution in [-0.2, 0) is 9.53 Å². The topological polar surface area (TPSA) is 79.0 Å². The Morgan fingerprint density at radius 3 is 2.78 bits per heavy atom. The third-order valence-corrected chi connectivity index (χ3v) is 3.89. The summed E-state index contributed by atoms with van der Waals surface area (Å²) in [7, 11) is 0. The standard InChI is InChI=1S/C15H16Cl2N4O2/c16-10-3-9(4-11(17)5-10)13-7-14(21-20-13)19-15(22)6-12-8-23-2-1-18-12/h3-5,7,12,18H,1-2,6,8H2,(H2,19,20,21,22). The summed E-state index contributed by atoms with van der Waals surface area (Å²) in [4.78, 5) is 12.0. The van der Waals surface area contributed by atoms with Gasteiger partial charge in [0.1, 0.15) is 0 Å². The molecule has 1 saturated heterocycles. The molecule has 1 fully saturated rings. The first-order chi connectivity index (χ1) is 11.1. The molecule has 1 unspecified atom stereocenters. The maximum absolute atomic E-state index is 12.0. The summed E-state index contributed by atoms with van der Waals surface area (Å²) in [6.45, 7) is 1.99. The molecule has 2 heterocycles. The van der Waals surface area contributed by atoms with E-state index in [1.165, 1.54) is 0 Å². The summed E-state index contributed by atoms with van der Waals surface area (Å²) >= 11 is 12.0. The molecule has 0 spiro atoms. The first-order valence-electron chi connectivity index (χ1n) is 7.23. The van der Waals surface area contributed by atoms with E-state index in [9.17, 15) is 4.79 Å². The minimum absolute atomic E-state index is 0.0360. The first-order valence-corrected chi connectivity index (χ1v) is 7.98. The van der Waals surface area contributed by atoms with Gasteiger partial charge in [0.15, 0.2) is 5.82 Å². The molecule has 122 valence electrons. The van der Waals surface area contributed by atoms with Gasteiger partial charge in [0.05, 0.1) is 18.9 Å². The second-order valence-electron chi connectivity index (χ2n) is 5.30. The van der Waals surface area contributed by atoms with E-state index in [1.54, 1.807) is 24.3 Å². The number of nitrogens with one attached hydrogen (secondary N) is 3. The fourth-order valence-corrected chi connectivity index (χ4v) is 2.94. The molecule has 2 aromatic rings. The van der Waals surface area contributed by atoms with E-state index in [0.29, 0.717) is 35.5 Å². The van der Waals surface area contributed by atoms with Crippen molar-refractivity contribution in [3.63, 3.8) is 0 Å². The number of morpholine rings is 1. The molecule has 0 saturated carbocycles. The van der Waals surface area contributed by atoms with Crippen LogP contribution in [0, 0.1) is 0 Å². The van der Waals surface area contributed by atoms with Gasteiger partial charge >= 0.3 is 0 Å². The van der Waals surface area contributed by atoms with Crippen LogP contribution in [0.3, 0.4) is 0 Å². The third kappa shape index (κ3) is 4.45. The zero-order chi connectivity index (χ0) is 16.2. The Hall–Kier alpha value is -1.60. The SMILES string of the molecule is O=C(CC1COCCN1)Nc1cc(-c2cc(Cl)cc(Cl)c2)[nH]n1. The van der Waals surface area contributed by atoms with Crippen LogP contribution in [0.2, 0.25) is 10.0 Å². The molecule has 23 heavy (non-hydrogen) atoms. The molecule has 3 rings (SSSR count). The van der Waals surface area contributed by atoms with E-state index in [2.05, 4.69) is 20.8 Å². The summed E-state index contributed by atoms with van der Waals surface area (Å²) in [6, 6.07) is 6.98. The van der Waals surface area contributed by atoms with Crippen LogP contribution in [0.5, 0.6) is 0 Å². The number of benzene rings is 1. The molecule has 1 aromatic carbocycles. The highest BCUT2D eigenvalue weighted by atomic mass is 35.5. The van der Waals surface area contributed by atoms with Gasteiger partial charge in [-0.2, -0.15) is 5.10 Å². The molecule has 0 radical (unpaired) electrons. The number of nitrogens with zero attached hydrogens (tertiary/aromatic N) is 1. The van der Waals surface area contributed by atoms with Crippen LogP contribution in [0.4, 0.5) is 5.82 Å². The fourth-order valence-electron chi connectivity index (χ4n) is 2.41. The highest BCUT2D eigenvalue weighted by Gasteiger charge is 2.17. The van der Waals surface area contributed by atoms with Gasteiger partial charge in [-0.1, -0.05) is 23.2 Å². The predicted octanol–water partition coefficient (Wildman–Crippen LogP) is 2.70. The molecule has 1 aliphatic rings. The number of carbonyl (C=O) groups is 1. The van der Waals surface area contributed by atoms with Crippen molar-refractivity contribution in [2.45, 2.75) is 12.5 Å². The van der Waals surface area contributed by atoms with Crippen molar-refractivity contribution in [1.82, 2.24) is 15.5 Å². The van der Waals surface area contributed by atoms with Crippen molar-refractivity contribution in [2.24, 2.45) is 0 Å². The van der Waals surface area contributed by atoms with Crippen LogP contribution >= 0.6 is 23.2 Å². The van der Waals surface area contributed by atoms with Gasteiger partial charge < -0.3 is 15.4 Å². The molecule has 0 aliphatic carbocycles. The smallest absolute Gasteiger partial charge is 0.227 e. The lowest BCUT2D eigenvalue weighted by atomic mass is 10.1. The lowest BCUT2D eigenvalue weighted by Crippen LogP contribution is -2.43. The summed E-state index contributed by atoms with van der Waals surface area (Å²) in [5.41, 5.74) is 1.53. The Balaban J connectivity index is 1.63. The van der Waals surface area contributed by atoms with E-state index in [-0.39, 0.29) is 11.9 Å². The van der Waals surface area contributed by atoms with E-state index in [4.69, 9.17) is 27.9 Å². The zero-order valence-corrected chi connectivity index (χ0v) is 13.7. The minimum Gasteiger partial charge on any atom is -0.378 e. The number of carbonyl (C=O) groups excluding carboxylic acids is 1. The summed E-state index contributed by atoms with van der Waals surface area (Å²) in [6.07, 6.45) is 0.338. The van der Waals surface area contributed by atoms with Crippen molar-refractivity contribution >= 4 is 34.9 Å². The Labute approximate surface area is 143 Å². The number of anilines is 1. The van der Waals surface area contributed by atoms with E-state index in [1.807, 2.05) is 0 Å². The average molecular weight is 355 g/mol. The lowest BCUT2D eigenvalue weighted by molar-refractivity contribution is -0.117. The molecule has 3 N–H and O–H groups in total. The van der Waals surface area contributed by atoms with Crippen molar-refractivity contribution in [3.05, 3.63) is 34.3 Å². The number of amides is 1. The number of ether oxygens (including phenoxy) is 1. The first kappa shape index (κ1) is 16.3. The number of rotatable bonds is 4. The molecule has 0 bridgehead atoms. The Morgan fingerprint density at radius 2 is 2.09 bits per heavy atom. The van der Waals surface area contributed by atoms with Gasteiger partial charge in [-0.05, 0) is 18.2 Å². The zero-order valence-electron chi connectivity index (χ0n) is 12.2. The Bertz CT molecular complexity index is 678. The van der Waals surface area contributed by atoms with Crippen molar-refractivity contribution in [3.8, 4) is 11.3 Å². The van der Waals surface area contributed by atoms with Crippen LogP contribution < -0.4 is 10.6 Å². The van der Waals surface area contributed by atoms with Crippen molar-refractivity contribution < 1.29 is 9.53 Å². The molecular formula is C15H16Cl2N4O2. The molecule has 1 aliphatic heterocycles. The third-order valence-electron chi connectivity index (χ3n) is 3.45. The molecule has 8 heteroatoms. The van der Waals surface area contributed by atoms with Crippen molar-refractivity contribution in [2.75, 3.05) is 25.1 Å². The second-order valence-corrected chi connectivity index (χ2v) is 6.18. The van der Waals surface area contributed by atoms with Crippen molar-refractivity contribution in [1.29, 1.82) is 0 Å². The van der Waals surface area contributed by atoms with Gasteiger partial charge in [-0.25, -0.2) is 0 Å². The van der Waals surface area contributed by atoms with E-state index < -0.39 is 0 Å². The Kier molecular flexibility index (Phi) is 5.17. The Morgan fingerprint density at radius 1 is 1.30 bits per heavy atom. The number of H-pyrrole nitrogens is 1. The van der Waals surface area contributed by atoms with Crippen LogP contribution in [0.1, 0.15) is 6.42 Å². The normalized spacial score (nSPS) is 17.9. The number of hydrogen-bond acceptors (Lipinski definition) is 4. The maximum Gasteiger partial charge on any atom is 0.227 e. The lowest BCUT2D eigenvalue weighted by Gasteiger charge is -2.22. The van der Waals surface area contributed by atoms with E-state index in [0.717, 1.165) is 17.8 Å². The van der Waals surface area contributed by atoms with Gasteiger partial charge in [0, 0.05) is 40.7 Å². The highest BCUT2D eigenvalue weighted by Crippen LogP contribution is 2.27. The summed E-state index contributed by atoms with van der Waals surface area (Å²) in [5.74, 6) is 0.341. The molecule has 1 atom stereocenters. The van der Waals surface area contributed by atoms with Crippen LogP contribution in [0.25, 0.3) is 11.3 Å². The largest absolute Gasteiger partial charge is 0.378 e. The second kappa shape index (κ2) is 7.31. The molecule has 1 amide bonds. The number of halogens is 2. The van der Waals surface area contributed by atoms with Gasteiger partial charge in [-0.3, -0.25) is 9.89 Å². The van der Waals surface area contributed by atoms with Gasteiger partial charge in [0.2, 0.25) is 5.91 Å². The highest BCUT2D eigenvalue weighted by molar-refractivity contribution is 6.35. The number of aromatic nitrogens is 2. The van der Waals surface area contributed by atoms with Gasteiger partial charge in [-0.15, -0.1) is 0 Å². The minimum atomic E-state index is -0.116. The number of aromatic amines is 1. The molecular weight excluding hydrogens is 339 g/mol. The monoisotopic (exact) mass is 354 g/mol. The van der Waals surface area contributed by atoms with Crippen LogP contribution in [0.15, 0.2) is 24.3 Å². The fraction of sp³-hybridized carbons (Fsp3) is 0.333.